The summed E-state index contributed by atoms with van der Waals surface area (Å²) in [4.78, 5) is 0. The number of methoxy groups -OCH3 is 1. The molecule has 9 heteroatoms. The van der Waals surface area contributed by atoms with E-state index < -0.39 is 40.8 Å². The molecule has 23 heavy (non-hydrogen) atoms. The highest BCUT2D eigenvalue weighted by Gasteiger charge is 2.41. The average molecular weight is 366 g/mol. The van der Waals surface area contributed by atoms with Gasteiger partial charge < -0.3 is 10.5 Å². The van der Waals surface area contributed by atoms with E-state index in [1.165, 1.54) is 0 Å². The van der Waals surface area contributed by atoms with Crippen LogP contribution in [0.5, 0.6) is 5.75 Å². The third-order valence-corrected chi connectivity index (χ3v) is 3.59. The van der Waals surface area contributed by atoms with Crippen molar-refractivity contribution in [1.29, 1.82) is 0 Å². The summed E-state index contributed by atoms with van der Waals surface area (Å²) < 4.78 is 82.6. The number of ether oxygens (including phenoxy) is 1. The molecule has 0 aliphatic rings. The van der Waals surface area contributed by atoms with E-state index in [0.717, 1.165) is 7.11 Å². The Morgan fingerprint density at radius 1 is 1.09 bits per heavy atom. The number of alkyl halides is 6. The van der Waals surface area contributed by atoms with Crippen molar-refractivity contribution >= 4 is 12.4 Å². The Morgan fingerprint density at radius 2 is 1.61 bits per heavy atom. The van der Waals surface area contributed by atoms with Crippen molar-refractivity contribution in [3.8, 4) is 5.75 Å². The molecule has 0 radical (unpaired) electrons. The number of nitrogens with two attached hydrogens (primary N) is 1. The van der Waals surface area contributed by atoms with Crippen molar-refractivity contribution < 1.29 is 31.1 Å². The first-order valence-electron chi connectivity index (χ1n) is 6.55. The second-order valence-corrected chi connectivity index (χ2v) is 5.05. The number of rotatable bonds is 4. The van der Waals surface area contributed by atoms with Gasteiger partial charge in [0, 0.05) is 11.6 Å². The Morgan fingerprint density at radius 3 is 1.96 bits per heavy atom. The van der Waals surface area contributed by atoms with Crippen molar-refractivity contribution in [2.45, 2.75) is 38.7 Å². The summed E-state index contributed by atoms with van der Waals surface area (Å²) in [6.07, 6.45) is -9.40. The maximum atomic E-state index is 13.2. The number of hydrogen-bond acceptors (Lipinski definition) is 2. The summed E-state index contributed by atoms with van der Waals surface area (Å²) in [7, 11) is 1.02. The number of benzene rings is 1. The minimum absolute atomic E-state index is 0. The minimum Gasteiger partial charge on any atom is -0.496 e. The molecule has 2 N–H and O–H groups in total. The summed E-state index contributed by atoms with van der Waals surface area (Å²) in [6, 6.07) is -0.453. The Balaban J connectivity index is 0.00000484. The van der Waals surface area contributed by atoms with Crippen molar-refractivity contribution in [2.24, 2.45) is 11.7 Å². The summed E-state index contributed by atoms with van der Waals surface area (Å²) in [5.74, 6) is -0.860. The molecule has 2 nitrogen and oxygen atoms in total. The van der Waals surface area contributed by atoms with Crippen LogP contribution in [0.2, 0.25) is 0 Å². The highest BCUT2D eigenvalue weighted by molar-refractivity contribution is 5.85. The summed E-state index contributed by atoms with van der Waals surface area (Å²) >= 11 is 0. The van der Waals surface area contributed by atoms with E-state index >= 15 is 0 Å². The molecule has 0 saturated heterocycles. The zero-order valence-electron chi connectivity index (χ0n) is 12.7. The molecule has 0 bridgehead atoms. The molecule has 0 amide bonds. The van der Waals surface area contributed by atoms with E-state index in [4.69, 9.17) is 10.5 Å². The lowest BCUT2D eigenvalue weighted by Crippen LogP contribution is -2.24. The average Bonchev–Trinajstić information content (AvgIpc) is 2.42. The van der Waals surface area contributed by atoms with Crippen LogP contribution in [0.15, 0.2) is 12.1 Å². The molecule has 0 fully saturated rings. The fourth-order valence-electron chi connectivity index (χ4n) is 2.08. The molecule has 0 aliphatic carbocycles. The van der Waals surface area contributed by atoms with Gasteiger partial charge in [-0.2, -0.15) is 26.3 Å². The number of halogens is 7. The zero-order valence-corrected chi connectivity index (χ0v) is 13.5. The van der Waals surface area contributed by atoms with Crippen molar-refractivity contribution in [1.82, 2.24) is 0 Å². The Hall–Kier alpha value is -1.15. The van der Waals surface area contributed by atoms with E-state index in [2.05, 4.69) is 0 Å². The van der Waals surface area contributed by atoms with Gasteiger partial charge in [0.15, 0.2) is 0 Å². The van der Waals surface area contributed by atoms with Gasteiger partial charge in [0.25, 0.3) is 0 Å². The van der Waals surface area contributed by atoms with Crippen LogP contribution in [0, 0.1) is 5.92 Å². The van der Waals surface area contributed by atoms with Crippen LogP contribution >= 0.6 is 12.4 Å². The van der Waals surface area contributed by atoms with Crippen molar-refractivity contribution in [2.75, 3.05) is 7.11 Å². The molecule has 134 valence electrons. The van der Waals surface area contributed by atoms with E-state index in [-0.39, 0.29) is 24.4 Å². The topological polar surface area (TPSA) is 35.2 Å². The van der Waals surface area contributed by atoms with Crippen LogP contribution in [0.3, 0.4) is 0 Å². The van der Waals surface area contributed by atoms with E-state index in [0.29, 0.717) is 12.5 Å². The van der Waals surface area contributed by atoms with E-state index in [1.54, 1.807) is 13.8 Å². The third-order valence-electron chi connectivity index (χ3n) is 3.59. The van der Waals surface area contributed by atoms with Crippen LogP contribution in [0.25, 0.3) is 0 Å². The van der Waals surface area contributed by atoms with Crippen molar-refractivity contribution in [3.63, 3.8) is 0 Å². The lowest BCUT2D eigenvalue weighted by molar-refractivity contribution is -0.143. The highest BCUT2D eigenvalue weighted by Crippen LogP contribution is 2.44. The first-order valence-corrected chi connectivity index (χ1v) is 6.55. The molecule has 1 unspecified atom stereocenters. The molecular formula is C14H18ClF6NO. The molecule has 0 spiro atoms. The second kappa shape index (κ2) is 7.61. The summed E-state index contributed by atoms with van der Waals surface area (Å²) in [5, 5.41) is 0. The zero-order chi connectivity index (χ0) is 17.3. The first-order chi connectivity index (χ1) is 9.93. The Kier molecular flexibility index (Phi) is 7.23. The lowest BCUT2D eigenvalue weighted by Gasteiger charge is -2.26. The molecule has 2 atom stereocenters. The van der Waals surface area contributed by atoms with Crippen LogP contribution in [0.4, 0.5) is 26.3 Å². The van der Waals surface area contributed by atoms with Gasteiger partial charge in [-0.25, -0.2) is 0 Å². The minimum atomic E-state index is -4.96. The molecule has 1 aromatic rings. The van der Waals surface area contributed by atoms with Crippen LogP contribution < -0.4 is 10.5 Å². The first kappa shape index (κ1) is 21.9. The SMILES string of the molecule is CCC(C)[C@H](N)c1c(OC)cc(C(F)(F)F)cc1C(F)(F)F.Cl. The highest BCUT2D eigenvalue weighted by atomic mass is 35.5. The fraction of sp³-hybridized carbons (Fsp3) is 0.571. The van der Waals surface area contributed by atoms with Gasteiger partial charge in [0.2, 0.25) is 0 Å². The summed E-state index contributed by atoms with van der Waals surface area (Å²) in [5.41, 5.74) is 2.54. The molecule has 1 rings (SSSR count). The molecule has 0 aliphatic heterocycles. The molecule has 0 saturated carbocycles. The smallest absolute Gasteiger partial charge is 0.416 e. The normalized spacial score (nSPS) is 14.9. The van der Waals surface area contributed by atoms with Crippen LogP contribution in [0.1, 0.15) is 43.0 Å². The van der Waals surface area contributed by atoms with Gasteiger partial charge in [0.1, 0.15) is 5.75 Å². The Bertz CT molecular complexity index is 529. The van der Waals surface area contributed by atoms with Gasteiger partial charge in [-0.15, -0.1) is 12.4 Å². The van der Waals surface area contributed by atoms with E-state index in [9.17, 15) is 26.3 Å². The molecule has 1 aromatic carbocycles. The third kappa shape index (κ3) is 4.91. The summed E-state index contributed by atoms with van der Waals surface area (Å²) in [6.45, 7) is 3.36. The van der Waals surface area contributed by atoms with Crippen LogP contribution in [-0.4, -0.2) is 7.11 Å². The van der Waals surface area contributed by atoms with Gasteiger partial charge in [-0.05, 0) is 18.1 Å². The predicted molar refractivity (Wildman–Crippen MR) is 76.6 cm³/mol. The monoisotopic (exact) mass is 365 g/mol. The van der Waals surface area contributed by atoms with Gasteiger partial charge >= 0.3 is 12.4 Å². The van der Waals surface area contributed by atoms with E-state index in [1.807, 2.05) is 0 Å². The predicted octanol–water partition coefficient (Wildman–Crippen LogP) is 5.20. The maximum Gasteiger partial charge on any atom is 0.416 e. The maximum absolute atomic E-state index is 13.2. The molecule has 0 aromatic heterocycles. The molecular weight excluding hydrogens is 348 g/mol. The quantitative estimate of drug-likeness (QED) is 0.744. The largest absolute Gasteiger partial charge is 0.496 e. The molecule has 0 heterocycles. The van der Waals surface area contributed by atoms with Gasteiger partial charge in [0.05, 0.1) is 18.2 Å². The number of hydrogen-bond donors (Lipinski definition) is 1. The van der Waals surface area contributed by atoms with Gasteiger partial charge in [-0.1, -0.05) is 20.3 Å². The lowest BCUT2D eigenvalue weighted by atomic mass is 9.88. The second-order valence-electron chi connectivity index (χ2n) is 5.05. The van der Waals surface area contributed by atoms with Crippen LogP contribution in [-0.2, 0) is 12.4 Å². The van der Waals surface area contributed by atoms with Crippen molar-refractivity contribution in [3.05, 3.63) is 28.8 Å². The van der Waals surface area contributed by atoms with Gasteiger partial charge in [-0.3, -0.25) is 0 Å². The standard InChI is InChI=1S/C14H17F6NO.ClH/c1-4-7(2)12(21)11-9(14(18,19)20)5-8(13(15,16)17)6-10(11)22-3;/h5-7,12H,4,21H2,1-3H3;1H/t7?,12-;/m0./s1. The Labute approximate surface area is 136 Å². The fourth-order valence-corrected chi connectivity index (χ4v) is 2.08.